The van der Waals surface area contributed by atoms with Crippen LogP contribution in [0.4, 0.5) is 4.39 Å². The van der Waals surface area contributed by atoms with Crippen LogP contribution in [0.15, 0.2) is 24.4 Å². The lowest BCUT2D eigenvalue weighted by molar-refractivity contribution is 0.0995. The summed E-state index contributed by atoms with van der Waals surface area (Å²) in [7, 11) is 1.46. The Morgan fingerprint density at radius 1 is 1.50 bits per heavy atom. The van der Waals surface area contributed by atoms with E-state index in [1.54, 1.807) is 18.3 Å². The average molecular weight is 321 g/mol. The number of ether oxygens (including phenoxy) is 1. The lowest BCUT2D eigenvalue weighted by atomic mass is 9.93. The first-order valence-corrected chi connectivity index (χ1v) is 7.21. The summed E-state index contributed by atoms with van der Waals surface area (Å²) in [6.45, 7) is 0. The molecule has 114 valence electrons. The number of benzene rings is 1. The Morgan fingerprint density at radius 2 is 2.27 bits per heavy atom. The summed E-state index contributed by atoms with van der Waals surface area (Å²) < 4.78 is 19.2. The molecule has 0 saturated carbocycles. The quantitative estimate of drug-likeness (QED) is 0.945. The molecule has 0 aliphatic heterocycles. The van der Waals surface area contributed by atoms with E-state index in [2.05, 4.69) is 4.98 Å². The number of rotatable bonds is 3. The lowest BCUT2D eigenvalue weighted by Gasteiger charge is -2.16. The Balaban J connectivity index is 2.18. The Kier molecular flexibility index (Phi) is 3.74. The topological polar surface area (TPSA) is 65.2 Å². The minimum atomic E-state index is -0.615. The fraction of sp³-hybridized carbons (Fsp3) is 0.250. The second-order valence-corrected chi connectivity index (χ2v) is 5.62. The highest BCUT2D eigenvalue weighted by Gasteiger charge is 2.31. The van der Waals surface area contributed by atoms with Crippen LogP contribution in [-0.4, -0.2) is 18.0 Å². The van der Waals surface area contributed by atoms with Crippen LogP contribution in [-0.2, 0) is 6.42 Å². The first-order chi connectivity index (χ1) is 10.5. The van der Waals surface area contributed by atoms with Crippen molar-refractivity contribution in [2.24, 2.45) is 5.73 Å². The third kappa shape index (κ3) is 2.31. The average Bonchev–Trinajstić information content (AvgIpc) is 2.90. The van der Waals surface area contributed by atoms with Crippen molar-refractivity contribution in [3.8, 4) is 5.75 Å². The second-order valence-electron chi connectivity index (χ2n) is 5.18. The molecule has 0 unspecified atom stereocenters. The van der Waals surface area contributed by atoms with Crippen LogP contribution in [0.3, 0.4) is 0 Å². The molecular weight excluding hydrogens is 307 g/mol. The van der Waals surface area contributed by atoms with E-state index in [1.807, 2.05) is 0 Å². The molecule has 0 bridgehead atoms. The molecule has 0 spiro atoms. The molecule has 1 amide bonds. The van der Waals surface area contributed by atoms with E-state index in [0.29, 0.717) is 34.9 Å². The molecule has 0 radical (unpaired) electrons. The SMILES string of the molecule is COc1ccnc([C@@H]2CCc3c(F)cc(Cl)cc32)c1C(N)=O. The van der Waals surface area contributed by atoms with Crippen molar-refractivity contribution in [2.45, 2.75) is 18.8 Å². The molecule has 2 N–H and O–H groups in total. The highest BCUT2D eigenvalue weighted by molar-refractivity contribution is 6.30. The van der Waals surface area contributed by atoms with Gasteiger partial charge in [-0.2, -0.15) is 0 Å². The molecule has 4 nitrogen and oxygen atoms in total. The monoisotopic (exact) mass is 320 g/mol. The first-order valence-electron chi connectivity index (χ1n) is 6.83. The maximum atomic E-state index is 14.0. The number of primary amides is 1. The standard InChI is InChI=1S/C16H14ClFN2O2/c1-22-13-4-5-20-15(14(13)16(19)21)10-3-2-9-11(10)6-8(17)7-12(9)18/h4-7,10H,2-3H2,1H3,(H2,19,21)/t10-/m1/s1. The lowest BCUT2D eigenvalue weighted by Crippen LogP contribution is -2.18. The number of nitrogens with zero attached hydrogens (tertiary/aromatic N) is 1. The molecule has 1 aliphatic carbocycles. The zero-order valence-corrected chi connectivity index (χ0v) is 12.7. The zero-order valence-electron chi connectivity index (χ0n) is 11.9. The number of methoxy groups -OCH3 is 1. The van der Waals surface area contributed by atoms with Gasteiger partial charge in [-0.1, -0.05) is 11.6 Å². The van der Waals surface area contributed by atoms with E-state index in [-0.39, 0.29) is 17.3 Å². The number of carbonyl (C=O) groups excluding carboxylic acids is 1. The fourth-order valence-electron chi connectivity index (χ4n) is 3.07. The Bertz CT molecular complexity index is 764. The van der Waals surface area contributed by atoms with Crippen LogP contribution >= 0.6 is 11.6 Å². The Morgan fingerprint density at radius 3 is 2.95 bits per heavy atom. The van der Waals surface area contributed by atoms with Crippen molar-refractivity contribution in [1.29, 1.82) is 0 Å². The van der Waals surface area contributed by atoms with Crippen LogP contribution in [0.5, 0.6) is 5.75 Å². The zero-order chi connectivity index (χ0) is 15.9. The minimum absolute atomic E-state index is 0.221. The summed E-state index contributed by atoms with van der Waals surface area (Å²) in [6, 6.07) is 4.61. The van der Waals surface area contributed by atoms with Crippen molar-refractivity contribution in [2.75, 3.05) is 7.11 Å². The van der Waals surface area contributed by atoms with E-state index >= 15 is 0 Å². The molecular formula is C16H14ClFN2O2. The fourth-order valence-corrected chi connectivity index (χ4v) is 3.28. The molecule has 0 saturated heterocycles. The number of hydrogen-bond acceptors (Lipinski definition) is 3. The number of fused-ring (bicyclic) bond motifs is 1. The van der Waals surface area contributed by atoms with Gasteiger partial charge in [-0.05, 0) is 42.2 Å². The maximum Gasteiger partial charge on any atom is 0.254 e. The van der Waals surface area contributed by atoms with Crippen LogP contribution < -0.4 is 10.5 Å². The normalized spacial score (nSPS) is 16.4. The van der Waals surface area contributed by atoms with Crippen molar-refractivity contribution in [1.82, 2.24) is 4.98 Å². The van der Waals surface area contributed by atoms with Crippen LogP contribution in [0.25, 0.3) is 0 Å². The number of amides is 1. The molecule has 1 aromatic carbocycles. The van der Waals surface area contributed by atoms with Gasteiger partial charge in [0.05, 0.1) is 12.8 Å². The molecule has 1 heterocycles. The van der Waals surface area contributed by atoms with E-state index in [0.717, 1.165) is 5.56 Å². The molecule has 2 aromatic rings. The number of pyridine rings is 1. The van der Waals surface area contributed by atoms with Gasteiger partial charge in [-0.25, -0.2) is 4.39 Å². The number of hydrogen-bond donors (Lipinski definition) is 1. The summed E-state index contributed by atoms with van der Waals surface area (Å²) in [5.41, 5.74) is 7.60. The largest absolute Gasteiger partial charge is 0.496 e. The van der Waals surface area contributed by atoms with E-state index < -0.39 is 5.91 Å². The molecule has 3 rings (SSSR count). The maximum absolute atomic E-state index is 14.0. The van der Waals surface area contributed by atoms with E-state index in [9.17, 15) is 9.18 Å². The van der Waals surface area contributed by atoms with Gasteiger partial charge >= 0.3 is 0 Å². The van der Waals surface area contributed by atoms with Gasteiger partial charge in [-0.3, -0.25) is 9.78 Å². The summed E-state index contributed by atoms with van der Waals surface area (Å²) in [6.07, 6.45) is 2.77. The molecule has 0 fully saturated rings. The summed E-state index contributed by atoms with van der Waals surface area (Å²) in [5, 5.41) is 0.326. The van der Waals surface area contributed by atoms with Gasteiger partial charge < -0.3 is 10.5 Å². The third-order valence-corrected chi connectivity index (χ3v) is 4.21. The molecule has 1 aliphatic rings. The first kappa shape index (κ1) is 14.8. The predicted molar refractivity (Wildman–Crippen MR) is 80.9 cm³/mol. The van der Waals surface area contributed by atoms with Crippen molar-refractivity contribution in [3.05, 3.63) is 57.6 Å². The smallest absolute Gasteiger partial charge is 0.254 e. The van der Waals surface area contributed by atoms with Crippen molar-refractivity contribution in [3.63, 3.8) is 0 Å². The van der Waals surface area contributed by atoms with Gasteiger partial charge in [0.15, 0.2) is 0 Å². The minimum Gasteiger partial charge on any atom is -0.496 e. The van der Waals surface area contributed by atoms with Gasteiger partial charge in [0.2, 0.25) is 0 Å². The number of aromatic nitrogens is 1. The van der Waals surface area contributed by atoms with Gasteiger partial charge in [-0.15, -0.1) is 0 Å². The van der Waals surface area contributed by atoms with Crippen LogP contribution in [0.1, 0.15) is 39.5 Å². The predicted octanol–water partition coefficient (Wildman–Crippen LogP) is 3.06. The number of carbonyl (C=O) groups is 1. The number of nitrogens with two attached hydrogens (primary N) is 1. The second kappa shape index (κ2) is 5.57. The van der Waals surface area contributed by atoms with E-state index in [4.69, 9.17) is 22.1 Å². The molecule has 1 aromatic heterocycles. The highest BCUT2D eigenvalue weighted by atomic mass is 35.5. The summed E-state index contributed by atoms with van der Waals surface area (Å²) in [4.78, 5) is 16.1. The van der Waals surface area contributed by atoms with Gasteiger partial charge in [0.25, 0.3) is 5.91 Å². The van der Waals surface area contributed by atoms with Gasteiger partial charge in [0, 0.05) is 17.1 Å². The van der Waals surface area contributed by atoms with Crippen LogP contribution in [0, 0.1) is 5.82 Å². The third-order valence-electron chi connectivity index (χ3n) is 3.99. The number of halogens is 2. The van der Waals surface area contributed by atoms with Gasteiger partial charge in [0.1, 0.15) is 17.1 Å². The molecule has 6 heteroatoms. The summed E-state index contributed by atoms with van der Waals surface area (Å²) >= 11 is 5.97. The van der Waals surface area contributed by atoms with E-state index in [1.165, 1.54) is 13.2 Å². The van der Waals surface area contributed by atoms with Crippen molar-refractivity contribution >= 4 is 17.5 Å². The molecule has 22 heavy (non-hydrogen) atoms. The molecule has 1 atom stereocenters. The van der Waals surface area contributed by atoms with Crippen molar-refractivity contribution < 1.29 is 13.9 Å². The Hall–Kier alpha value is -2.14. The Labute approximate surface area is 132 Å². The highest BCUT2D eigenvalue weighted by Crippen LogP contribution is 2.42. The summed E-state index contributed by atoms with van der Waals surface area (Å²) in [5.74, 6) is -0.793. The van der Waals surface area contributed by atoms with Crippen LogP contribution in [0.2, 0.25) is 5.02 Å².